The molecular weight excluding hydrogens is 183 g/mol. The summed E-state index contributed by atoms with van der Waals surface area (Å²) in [6, 6.07) is 0. The quantitative estimate of drug-likeness (QED) is 0.296. The topological polar surface area (TPSA) is 83.8 Å². The van der Waals surface area contributed by atoms with E-state index in [1.807, 2.05) is 6.92 Å². The van der Waals surface area contributed by atoms with E-state index in [1.54, 1.807) is 6.08 Å². The first kappa shape index (κ1) is 13.9. The minimum atomic E-state index is -3.98. The highest BCUT2D eigenvalue weighted by atomic mass is 31.2. The molecule has 0 spiro atoms. The molecule has 72 valence electrons. The fourth-order valence-electron chi connectivity index (χ4n) is 0.220. The van der Waals surface area contributed by atoms with Crippen molar-refractivity contribution in [3.8, 4) is 0 Å². The Morgan fingerprint density at radius 3 is 2.25 bits per heavy atom. The summed E-state index contributed by atoms with van der Waals surface area (Å²) in [6.45, 7) is 5.17. The van der Waals surface area contributed by atoms with E-state index in [1.165, 1.54) is 0 Å². The average Bonchev–Trinajstić information content (AvgIpc) is 1.87. The van der Waals surface area contributed by atoms with Crippen molar-refractivity contribution in [1.82, 2.24) is 0 Å². The van der Waals surface area contributed by atoms with Crippen molar-refractivity contribution in [1.29, 1.82) is 0 Å². The second-order valence-electron chi connectivity index (χ2n) is 1.76. The molecule has 0 aromatic heterocycles. The predicted molar refractivity (Wildman–Crippen MR) is 44.8 cm³/mol. The Bertz CT molecular complexity index is 161. The lowest BCUT2D eigenvalue weighted by Crippen LogP contribution is -1.98. The Hall–Kier alpha value is -0.640. The van der Waals surface area contributed by atoms with Gasteiger partial charge in [0.15, 0.2) is 0 Å². The second-order valence-corrected chi connectivity index (χ2v) is 3.54. The highest BCUT2D eigenvalue weighted by Gasteiger charge is 2.11. The first-order valence-corrected chi connectivity index (χ1v) is 4.94. The third-order valence-corrected chi connectivity index (χ3v) is 1.33. The van der Waals surface area contributed by atoms with Crippen LogP contribution in [0.3, 0.4) is 0 Å². The molecule has 0 aliphatic rings. The van der Waals surface area contributed by atoms with Gasteiger partial charge in [0.05, 0.1) is 6.16 Å². The first-order chi connectivity index (χ1) is 5.47. The van der Waals surface area contributed by atoms with Gasteiger partial charge in [-0.05, 0) is 6.92 Å². The number of hydrogen-bond donors (Lipinski definition) is 2. The summed E-state index contributed by atoms with van der Waals surface area (Å²) in [5, 5.41) is 0. The van der Waals surface area contributed by atoms with Crippen molar-refractivity contribution in [3.05, 3.63) is 12.7 Å². The largest absolute Gasteiger partial charge is 0.467 e. The van der Waals surface area contributed by atoms with Crippen molar-refractivity contribution >= 4 is 14.1 Å². The molecule has 6 heteroatoms. The van der Waals surface area contributed by atoms with Gasteiger partial charge < -0.3 is 14.5 Å². The summed E-state index contributed by atoms with van der Waals surface area (Å²) < 4.78 is 14.0. The molecule has 0 amide bonds. The lowest BCUT2D eigenvalue weighted by atomic mass is 10.8. The molecule has 0 fully saturated rings. The molecule has 0 saturated carbocycles. The molecule has 0 aliphatic carbocycles. The molecular formula is C6H13O5P. The minimum Gasteiger partial charge on any atom is -0.467 e. The Labute approximate surface area is 71.2 Å². The van der Waals surface area contributed by atoms with Crippen LogP contribution in [0, 0.1) is 0 Å². The van der Waals surface area contributed by atoms with E-state index < -0.39 is 13.8 Å². The number of carbonyl (C=O) groups excluding carboxylic acids is 1. The van der Waals surface area contributed by atoms with Gasteiger partial charge in [0.25, 0.3) is 6.47 Å². The molecule has 0 heterocycles. The van der Waals surface area contributed by atoms with Gasteiger partial charge in [0.2, 0.25) is 0 Å². The molecule has 0 unspecified atom stereocenters. The normalized spacial score (nSPS) is 9.25. The Morgan fingerprint density at radius 2 is 2.00 bits per heavy atom. The third kappa shape index (κ3) is 22.8. The maximum absolute atomic E-state index is 10.0. The van der Waals surface area contributed by atoms with Crippen LogP contribution in [0.4, 0.5) is 0 Å². The van der Waals surface area contributed by atoms with Gasteiger partial charge in [0.1, 0.15) is 6.61 Å². The second kappa shape index (κ2) is 8.46. The molecule has 0 atom stereocenters. The van der Waals surface area contributed by atoms with E-state index in [4.69, 9.17) is 9.79 Å². The smallest absolute Gasteiger partial charge is 0.328 e. The predicted octanol–water partition coefficient (Wildman–Crippen LogP) is 0.529. The maximum atomic E-state index is 10.0. The van der Waals surface area contributed by atoms with Crippen LogP contribution in [-0.4, -0.2) is 29.0 Å². The zero-order valence-electron chi connectivity index (χ0n) is 6.84. The molecule has 5 nitrogen and oxygen atoms in total. The van der Waals surface area contributed by atoms with Gasteiger partial charge in [-0.2, -0.15) is 0 Å². The molecule has 2 N–H and O–H groups in total. The van der Waals surface area contributed by atoms with Gasteiger partial charge in [-0.3, -0.25) is 9.36 Å². The minimum absolute atomic E-state index is 0.148. The van der Waals surface area contributed by atoms with E-state index in [0.29, 0.717) is 0 Å². The van der Waals surface area contributed by atoms with Gasteiger partial charge in [-0.1, -0.05) is 6.08 Å². The summed E-state index contributed by atoms with van der Waals surface area (Å²) in [5.74, 6) is 0. The standard InChI is InChI=1S/C3H7O5P.C3H6/c4-3-8-1-2-9(5,6)7;1-3-2/h3H,1-2H2,(H2,5,6,7);3H,1H2,2H3. The number of rotatable bonds is 4. The third-order valence-electron chi connectivity index (χ3n) is 0.568. The Balaban J connectivity index is 0. The van der Waals surface area contributed by atoms with E-state index in [9.17, 15) is 9.36 Å². The Kier molecular flexibility index (Phi) is 9.81. The number of ether oxygens (including phenoxy) is 1. The highest BCUT2D eigenvalue weighted by Crippen LogP contribution is 2.33. The van der Waals surface area contributed by atoms with Crippen LogP contribution in [-0.2, 0) is 14.1 Å². The fourth-order valence-corrected chi connectivity index (χ4v) is 0.563. The molecule has 0 aromatic rings. The van der Waals surface area contributed by atoms with Crippen LogP contribution >= 0.6 is 7.60 Å². The van der Waals surface area contributed by atoms with Crippen LogP contribution in [0.25, 0.3) is 0 Å². The monoisotopic (exact) mass is 196 g/mol. The highest BCUT2D eigenvalue weighted by molar-refractivity contribution is 7.51. The van der Waals surface area contributed by atoms with E-state index >= 15 is 0 Å². The zero-order valence-corrected chi connectivity index (χ0v) is 7.74. The number of hydrogen-bond acceptors (Lipinski definition) is 3. The van der Waals surface area contributed by atoms with Gasteiger partial charge >= 0.3 is 7.60 Å². The number of allylic oxidation sites excluding steroid dienone is 1. The molecule has 0 rings (SSSR count). The van der Waals surface area contributed by atoms with Crippen molar-refractivity contribution < 1.29 is 23.9 Å². The Morgan fingerprint density at radius 1 is 1.58 bits per heavy atom. The van der Waals surface area contributed by atoms with Crippen LogP contribution in [0.1, 0.15) is 6.92 Å². The van der Waals surface area contributed by atoms with Crippen LogP contribution in [0.15, 0.2) is 12.7 Å². The zero-order chi connectivity index (χ0) is 10.0. The summed E-state index contributed by atoms with van der Waals surface area (Å²) in [4.78, 5) is 25.7. The van der Waals surface area contributed by atoms with Crippen molar-refractivity contribution in [3.63, 3.8) is 0 Å². The molecule has 0 radical (unpaired) electrons. The SMILES string of the molecule is C=CC.O=COCCP(=O)(O)O. The van der Waals surface area contributed by atoms with Crippen LogP contribution in [0.5, 0.6) is 0 Å². The summed E-state index contributed by atoms with van der Waals surface area (Å²) >= 11 is 0. The van der Waals surface area contributed by atoms with Gasteiger partial charge in [-0.25, -0.2) is 0 Å². The number of carbonyl (C=O) groups is 1. The molecule has 0 bridgehead atoms. The molecule has 0 saturated heterocycles. The van der Waals surface area contributed by atoms with Gasteiger partial charge in [0, 0.05) is 0 Å². The summed E-state index contributed by atoms with van der Waals surface area (Å²) in [7, 11) is -3.98. The van der Waals surface area contributed by atoms with Crippen LogP contribution < -0.4 is 0 Å². The summed E-state index contributed by atoms with van der Waals surface area (Å²) in [5.41, 5.74) is 0. The average molecular weight is 196 g/mol. The fraction of sp³-hybridized carbons (Fsp3) is 0.500. The van der Waals surface area contributed by atoms with E-state index in [2.05, 4.69) is 11.3 Å². The van der Waals surface area contributed by atoms with E-state index in [0.717, 1.165) is 0 Å². The lowest BCUT2D eigenvalue weighted by molar-refractivity contribution is -0.128. The van der Waals surface area contributed by atoms with Gasteiger partial charge in [-0.15, -0.1) is 6.58 Å². The maximum Gasteiger partial charge on any atom is 0.328 e. The van der Waals surface area contributed by atoms with Crippen molar-refractivity contribution in [2.45, 2.75) is 6.92 Å². The first-order valence-electron chi connectivity index (χ1n) is 3.14. The summed E-state index contributed by atoms with van der Waals surface area (Å²) in [6.07, 6.45) is 1.34. The molecule has 12 heavy (non-hydrogen) atoms. The van der Waals surface area contributed by atoms with Crippen molar-refractivity contribution in [2.75, 3.05) is 12.8 Å². The molecule has 0 aliphatic heterocycles. The van der Waals surface area contributed by atoms with Crippen LogP contribution in [0.2, 0.25) is 0 Å². The van der Waals surface area contributed by atoms with Crippen molar-refractivity contribution in [2.24, 2.45) is 0 Å². The lowest BCUT2D eigenvalue weighted by Gasteiger charge is -1.99. The molecule has 0 aromatic carbocycles. The van der Waals surface area contributed by atoms with E-state index in [-0.39, 0.29) is 13.1 Å².